The third kappa shape index (κ3) is 3.13. The zero-order valence-electron chi connectivity index (χ0n) is 11.5. The zero-order valence-corrected chi connectivity index (χ0v) is 11.5. The van der Waals surface area contributed by atoms with Gasteiger partial charge in [0.05, 0.1) is 6.54 Å². The third-order valence-corrected chi connectivity index (χ3v) is 3.54. The predicted octanol–water partition coefficient (Wildman–Crippen LogP) is 1.49. The molecule has 18 heavy (non-hydrogen) atoms. The first kappa shape index (κ1) is 13.1. The zero-order chi connectivity index (χ0) is 13.1. The first-order valence-corrected chi connectivity index (χ1v) is 6.77. The normalized spacial score (nSPS) is 14.8. The second-order valence-corrected chi connectivity index (χ2v) is 5.09. The highest BCUT2D eigenvalue weighted by molar-refractivity contribution is 5.78. The van der Waals surface area contributed by atoms with E-state index in [1.165, 1.54) is 17.0 Å². The number of rotatable bonds is 6. The minimum atomic E-state index is 0.113. The Bertz CT molecular complexity index is 432. The smallest absolute Gasteiger partial charge is 0.234 e. The van der Waals surface area contributed by atoms with Gasteiger partial charge in [-0.05, 0) is 45.2 Å². The molecule has 0 unspecified atom stereocenters. The molecule has 2 N–H and O–H groups in total. The summed E-state index contributed by atoms with van der Waals surface area (Å²) in [6, 6.07) is 2.65. The van der Waals surface area contributed by atoms with Crippen molar-refractivity contribution in [1.29, 1.82) is 0 Å². The standard InChI is InChI=1S/C14H23N3O/c1-4-17-10(2)7-12(11(17)3)8-15-9-14(18)16-13-5-6-13/h7,13,15H,4-6,8-9H2,1-3H3,(H,16,18). The van der Waals surface area contributed by atoms with Crippen LogP contribution in [0.3, 0.4) is 0 Å². The van der Waals surface area contributed by atoms with Crippen LogP contribution in [0.5, 0.6) is 0 Å². The largest absolute Gasteiger partial charge is 0.352 e. The molecule has 1 aliphatic carbocycles. The highest BCUT2D eigenvalue weighted by atomic mass is 16.2. The Hall–Kier alpha value is -1.29. The van der Waals surface area contributed by atoms with Gasteiger partial charge in [0, 0.05) is 30.5 Å². The van der Waals surface area contributed by atoms with Crippen LogP contribution in [0.2, 0.25) is 0 Å². The molecule has 0 aromatic carbocycles. The quantitative estimate of drug-likeness (QED) is 0.802. The van der Waals surface area contributed by atoms with Gasteiger partial charge >= 0.3 is 0 Å². The number of aryl methyl sites for hydroxylation is 1. The molecular formula is C14H23N3O. The Balaban J connectivity index is 1.80. The van der Waals surface area contributed by atoms with E-state index in [0.717, 1.165) is 25.9 Å². The fraction of sp³-hybridized carbons (Fsp3) is 0.643. The van der Waals surface area contributed by atoms with E-state index in [0.29, 0.717) is 12.6 Å². The van der Waals surface area contributed by atoms with E-state index in [2.05, 4.69) is 42.0 Å². The fourth-order valence-corrected chi connectivity index (χ4v) is 2.35. The molecule has 1 heterocycles. The first-order valence-electron chi connectivity index (χ1n) is 6.77. The van der Waals surface area contributed by atoms with Crippen LogP contribution in [0, 0.1) is 13.8 Å². The van der Waals surface area contributed by atoms with Crippen LogP contribution >= 0.6 is 0 Å². The van der Waals surface area contributed by atoms with E-state index in [4.69, 9.17) is 0 Å². The van der Waals surface area contributed by atoms with Crippen molar-refractivity contribution in [3.05, 3.63) is 23.0 Å². The maximum absolute atomic E-state index is 11.5. The second kappa shape index (κ2) is 5.57. The lowest BCUT2D eigenvalue weighted by Gasteiger charge is -2.07. The van der Waals surface area contributed by atoms with Gasteiger partial charge in [-0.1, -0.05) is 0 Å². The molecule has 1 amide bonds. The van der Waals surface area contributed by atoms with Crippen molar-refractivity contribution < 1.29 is 4.79 Å². The monoisotopic (exact) mass is 249 g/mol. The summed E-state index contributed by atoms with van der Waals surface area (Å²) in [4.78, 5) is 11.5. The number of nitrogens with one attached hydrogen (secondary N) is 2. The molecule has 1 saturated carbocycles. The minimum absolute atomic E-state index is 0.113. The van der Waals surface area contributed by atoms with Gasteiger partial charge in [-0.3, -0.25) is 4.79 Å². The molecule has 1 fully saturated rings. The number of carbonyl (C=O) groups excluding carboxylic acids is 1. The van der Waals surface area contributed by atoms with Crippen molar-refractivity contribution in [3.8, 4) is 0 Å². The Morgan fingerprint density at radius 1 is 1.44 bits per heavy atom. The number of nitrogens with zero attached hydrogens (tertiary/aromatic N) is 1. The number of aromatic nitrogens is 1. The molecule has 0 spiro atoms. The maximum Gasteiger partial charge on any atom is 0.234 e. The van der Waals surface area contributed by atoms with Gasteiger partial charge in [-0.15, -0.1) is 0 Å². The second-order valence-electron chi connectivity index (χ2n) is 5.09. The fourth-order valence-electron chi connectivity index (χ4n) is 2.35. The molecule has 1 aromatic rings. The Morgan fingerprint density at radius 3 is 2.72 bits per heavy atom. The summed E-state index contributed by atoms with van der Waals surface area (Å²) in [6.45, 7) is 8.59. The summed E-state index contributed by atoms with van der Waals surface area (Å²) in [5.41, 5.74) is 3.87. The van der Waals surface area contributed by atoms with E-state index < -0.39 is 0 Å². The van der Waals surface area contributed by atoms with E-state index in [-0.39, 0.29) is 5.91 Å². The Morgan fingerprint density at radius 2 is 2.17 bits per heavy atom. The van der Waals surface area contributed by atoms with Gasteiger partial charge in [0.15, 0.2) is 0 Å². The van der Waals surface area contributed by atoms with Crippen molar-refractivity contribution in [2.45, 2.75) is 52.7 Å². The van der Waals surface area contributed by atoms with Crippen LogP contribution in [-0.2, 0) is 17.9 Å². The lowest BCUT2D eigenvalue weighted by Crippen LogP contribution is -2.34. The van der Waals surface area contributed by atoms with Crippen molar-refractivity contribution in [3.63, 3.8) is 0 Å². The van der Waals surface area contributed by atoms with E-state index >= 15 is 0 Å². The van der Waals surface area contributed by atoms with Crippen molar-refractivity contribution in [1.82, 2.24) is 15.2 Å². The highest BCUT2D eigenvalue weighted by Crippen LogP contribution is 2.18. The van der Waals surface area contributed by atoms with Crippen LogP contribution in [0.15, 0.2) is 6.07 Å². The predicted molar refractivity (Wildman–Crippen MR) is 72.5 cm³/mol. The Labute approximate surface area is 109 Å². The van der Waals surface area contributed by atoms with Crippen molar-refractivity contribution >= 4 is 5.91 Å². The van der Waals surface area contributed by atoms with Crippen LogP contribution in [0.4, 0.5) is 0 Å². The summed E-state index contributed by atoms with van der Waals surface area (Å²) in [5.74, 6) is 0.113. The number of amides is 1. The van der Waals surface area contributed by atoms with Gasteiger partial charge in [0.2, 0.25) is 5.91 Å². The molecule has 1 aliphatic rings. The molecule has 0 bridgehead atoms. The minimum Gasteiger partial charge on any atom is -0.352 e. The molecule has 0 saturated heterocycles. The summed E-state index contributed by atoms with van der Waals surface area (Å²) < 4.78 is 2.29. The molecule has 0 aliphatic heterocycles. The molecule has 4 nitrogen and oxygen atoms in total. The lowest BCUT2D eigenvalue weighted by molar-refractivity contribution is -0.120. The molecule has 0 radical (unpaired) electrons. The molecule has 1 aromatic heterocycles. The third-order valence-electron chi connectivity index (χ3n) is 3.54. The van der Waals surface area contributed by atoms with E-state index in [9.17, 15) is 4.79 Å². The highest BCUT2D eigenvalue weighted by Gasteiger charge is 2.22. The average Bonchev–Trinajstić information content (AvgIpc) is 3.07. The summed E-state index contributed by atoms with van der Waals surface area (Å²) in [6.07, 6.45) is 2.28. The topological polar surface area (TPSA) is 46.1 Å². The summed E-state index contributed by atoms with van der Waals surface area (Å²) in [5, 5.41) is 6.19. The summed E-state index contributed by atoms with van der Waals surface area (Å²) in [7, 11) is 0. The van der Waals surface area contributed by atoms with Gasteiger partial charge in [-0.25, -0.2) is 0 Å². The van der Waals surface area contributed by atoms with Gasteiger partial charge in [0.1, 0.15) is 0 Å². The SMILES string of the molecule is CCn1c(C)cc(CNCC(=O)NC2CC2)c1C. The van der Waals surface area contributed by atoms with Crippen molar-refractivity contribution in [2.75, 3.05) is 6.54 Å². The molecule has 2 rings (SSSR count). The summed E-state index contributed by atoms with van der Waals surface area (Å²) >= 11 is 0. The van der Waals surface area contributed by atoms with E-state index in [1.807, 2.05) is 0 Å². The van der Waals surface area contributed by atoms with Crippen molar-refractivity contribution in [2.24, 2.45) is 0 Å². The molecule has 4 heteroatoms. The van der Waals surface area contributed by atoms with Gasteiger partial charge in [0.25, 0.3) is 0 Å². The van der Waals surface area contributed by atoms with Crippen LogP contribution in [0.1, 0.15) is 36.7 Å². The molecular weight excluding hydrogens is 226 g/mol. The Kier molecular flexibility index (Phi) is 4.07. The first-order chi connectivity index (χ1) is 8.61. The van der Waals surface area contributed by atoms with E-state index in [1.54, 1.807) is 0 Å². The maximum atomic E-state index is 11.5. The lowest BCUT2D eigenvalue weighted by atomic mass is 10.2. The molecule has 100 valence electrons. The van der Waals surface area contributed by atoms with Crippen LogP contribution < -0.4 is 10.6 Å². The van der Waals surface area contributed by atoms with Gasteiger partial charge < -0.3 is 15.2 Å². The van der Waals surface area contributed by atoms with Crippen LogP contribution in [-0.4, -0.2) is 23.1 Å². The van der Waals surface area contributed by atoms with Gasteiger partial charge in [-0.2, -0.15) is 0 Å². The number of carbonyl (C=O) groups is 1. The average molecular weight is 249 g/mol. The number of hydrogen-bond donors (Lipinski definition) is 2. The van der Waals surface area contributed by atoms with Crippen LogP contribution in [0.25, 0.3) is 0 Å². The number of hydrogen-bond acceptors (Lipinski definition) is 2. The molecule has 0 atom stereocenters.